The number of nitrogens with one attached hydrogen (secondary N) is 2. The minimum Gasteiger partial charge on any atom is -0.457 e. The first-order chi connectivity index (χ1) is 17.3. The molecule has 9 nitrogen and oxygen atoms in total. The van der Waals surface area contributed by atoms with Gasteiger partial charge in [0, 0.05) is 30.7 Å². The lowest BCUT2D eigenvalue weighted by Gasteiger charge is -2.46. The summed E-state index contributed by atoms with van der Waals surface area (Å²) in [6.45, 7) is 3.44. The van der Waals surface area contributed by atoms with E-state index < -0.39 is 23.4 Å². The molecule has 4 rings (SSSR count). The fraction of sp³-hybridized carbons (Fsp3) is 0.360. The Labute approximate surface area is 222 Å². The van der Waals surface area contributed by atoms with Crippen LogP contribution < -0.4 is 15.4 Å². The molecule has 2 fully saturated rings. The van der Waals surface area contributed by atoms with Crippen LogP contribution in [0.4, 0.5) is 4.79 Å². The van der Waals surface area contributed by atoms with Crippen LogP contribution in [0, 0.1) is 0 Å². The molecule has 190 valence electrons. The number of hydrogen-bond donors (Lipinski definition) is 2. The third-order valence-corrected chi connectivity index (χ3v) is 7.79. The Balaban J connectivity index is 1.55. The summed E-state index contributed by atoms with van der Waals surface area (Å²) >= 11 is 4.99. The maximum atomic E-state index is 13.3. The lowest BCUT2D eigenvalue weighted by Crippen LogP contribution is -2.73. The highest BCUT2D eigenvalue weighted by Gasteiger charge is 2.56. The van der Waals surface area contributed by atoms with Gasteiger partial charge < -0.3 is 9.64 Å². The highest BCUT2D eigenvalue weighted by molar-refractivity contribution is 9.10. The number of piperazine rings is 1. The number of ether oxygens (including phenoxy) is 1. The summed E-state index contributed by atoms with van der Waals surface area (Å²) in [6, 6.07) is 13.2. The number of hydrogen-bond acceptors (Lipinski definition) is 7. The predicted molar refractivity (Wildman–Crippen MR) is 140 cm³/mol. The second-order valence-electron chi connectivity index (χ2n) is 8.45. The normalized spacial score (nSPS) is 17.9. The van der Waals surface area contributed by atoms with Crippen molar-refractivity contribution in [1.82, 2.24) is 20.4 Å². The van der Waals surface area contributed by atoms with E-state index in [4.69, 9.17) is 4.74 Å². The van der Waals surface area contributed by atoms with Gasteiger partial charge in [0.2, 0.25) is 11.4 Å². The molecule has 2 aliphatic heterocycles. The molecule has 0 radical (unpaired) electrons. The second kappa shape index (κ2) is 11.4. The Morgan fingerprint density at radius 2 is 1.50 bits per heavy atom. The number of halogens is 1. The SMILES string of the molecule is CCCSCC(=O)N1CCN(C2(c3ccc(Oc4ccc(Br)cc4)cc3)C(=O)NC(=O)NC2=O)CC1. The maximum absolute atomic E-state index is 13.3. The molecule has 0 unspecified atom stereocenters. The average Bonchev–Trinajstić information content (AvgIpc) is 2.86. The third kappa shape index (κ3) is 5.42. The van der Waals surface area contributed by atoms with Gasteiger partial charge in [0.1, 0.15) is 11.5 Å². The Hall–Kier alpha value is -2.89. The van der Waals surface area contributed by atoms with Crippen LogP contribution in [0.5, 0.6) is 11.5 Å². The van der Waals surface area contributed by atoms with Crippen LogP contribution in [0.25, 0.3) is 0 Å². The van der Waals surface area contributed by atoms with Crippen molar-refractivity contribution >= 4 is 51.4 Å². The van der Waals surface area contributed by atoms with Crippen LogP contribution in [-0.4, -0.2) is 71.2 Å². The van der Waals surface area contributed by atoms with Crippen molar-refractivity contribution in [2.75, 3.05) is 37.7 Å². The summed E-state index contributed by atoms with van der Waals surface area (Å²) in [5, 5.41) is 4.51. The summed E-state index contributed by atoms with van der Waals surface area (Å²) in [4.78, 5) is 54.5. The van der Waals surface area contributed by atoms with E-state index in [1.807, 2.05) is 24.3 Å². The minimum absolute atomic E-state index is 0.0457. The number of benzene rings is 2. The molecule has 0 spiro atoms. The second-order valence-corrected chi connectivity index (χ2v) is 10.5. The van der Waals surface area contributed by atoms with Gasteiger partial charge in [-0.25, -0.2) is 4.79 Å². The van der Waals surface area contributed by atoms with Crippen LogP contribution in [0.15, 0.2) is 53.0 Å². The van der Waals surface area contributed by atoms with Crippen LogP contribution in [0.1, 0.15) is 18.9 Å². The zero-order valence-electron chi connectivity index (χ0n) is 19.8. The van der Waals surface area contributed by atoms with E-state index in [1.54, 1.807) is 45.8 Å². The highest BCUT2D eigenvalue weighted by atomic mass is 79.9. The van der Waals surface area contributed by atoms with Gasteiger partial charge in [0.05, 0.1) is 5.75 Å². The zero-order chi connectivity index (χ0) is 25.7. The molecule has 2 aliphatic rings. The van der Waals surface area contributed by atoms with E-state index in [1.165, 1.54) is 0 Å². The molecule has 2 aromatic carbocycles. The number of imide groups is 2. The predicted octanol–water partition coefficient (Wildman–Crippen LogP) is 3.09. The number of carbonyl (C=O) groups excluding carboxylic acids is 4. The number of barbiturate groups is 1. The molecule has 36 heavy (non-hydrogen) atoms. The van der Waals surface area contributed by atoms with E-state index in [0.717, 1.165) is 16.6 Å². The highest BCUT2D eigenvalue weighted by Crippen LogP contribution is 2.34. The van der Waals surface area contributed by atoms with E-state index in [0.29, 0.717) is 49.0 Å². The third-order valence-electron chi connectivity index (χ3n) is 6.11. The van der Waals surface area contributed by atoms with Crippen molar-refractivity contribution in [2.24, 2.45) is 0 Å². The Bertz CT molecular complexity index is 1110. The van der Waals surface area contributed by atoms with Crippen LogP contribution >= 0.6 is 27.7 Å². The van der Waals surface area contributed by atoms with E-state index in [9.17, 15) is 19.2 Å². The lowest BCUT2D eigenvalue weighted by molar-refractivity contribution is -0.151. The monoisotopic (exact) mass is 574 g/mol. The first kappa shape index (κ1) is 26.2. The number of thioether (sulfide) groups is 1. The number of rotatable bonds is 8. The van der Waals surface area contributed by atoms with Crippen molar-refractivity contribution in [3.05, 3.63) is 58.6 Å². The number of urea groups is 1. The molecular weight excluding hydrogens is 548 g/mol. The first-order valence-electron chi connectivity index (χ1n) is 11.7. The number of nitrogens with zero attached hydrogens (tertiary/aromatic N) is 2. The summed E-state index contributed by atoms with van der Waals surface area (Å²) in [5.74, 6) is 1.12. The number of amides is 5. The van der Waals surface area contributed by atoms with Gasteiger partial charge in [0.25, 0.3) is 11.8 Å². The van der Waals surface area contributed by atoms with Gasteiger partial charge in [-0.15, -0.1) is 0 Å². The van der Waals surface area contributed by atoms with Crippen molar-refractivity contribution in [3.63, 3.8) is 0 Å². The van der Waals surface area contributed by atoms with Crippen molar-refractivity contribution in [3.8, 4) is 11.5 Å². The van der Waals surface area contributed by atoms with Crippen LogP contribution in [-0.2, 0) is 19.9 Å². The minimum atomic E-state index is -1.74. The fourth-order valence-corrected chi connectivity index (χ4v) is 5.40. The molecule has 2 aromatic rings. The molecule has 0 saturated carbocycles. The average molecular weight is 575 g/mol. The molecule has 11 heteroatoms. The standard InChI is InChI=1S/C25H27BrN4O5S/c1-2-15-36-16-21(31)29-11-13-30(14-12-29)25(22(32)27-24(34)28-23(25)33)17-3-7-19(8-4-17)35-20-9-5-18(26)6-10-20/h3-10H,2,11-16H2,1H3,(H2,27,28,32,33,34). The molecule has 2 saturated heterocycles. The largest absolute Gasteiger partial charge is 0.457 e. The summed E-state index contributed by atoms with van der Waals surface area (Å²) in [5.41, 5.74) is -1.33. The molecule has 0 aromatic heterocycles. The Morgan fingerprint density at radius 1 is 0.944 bits per heavy atom. The molecule has 0 aliphatic carbocycles. The topological polar surface area (TPSA) is 108 Å². The molecule has 2 N–H and O–H groups in total. The van der Waals surface area contributed by atoms with Crippen LogP contribution in [0.3, 0.4) is 0 Å². The van der Waals surface area contributed by atoms with E-state index in [-0.39, 0.29) is 5.91 Å². The van der Waals surface area contributed by atoms with Gasteiger partial charge in [-0.2, -0.15) is 11.8 Å². The first-order valence-corrected chi connectivity index (χ1v) is 13.6. The smallest absolute Gasteiger partial charge is 0.328 e. The van der Waals surface area contributed by atoms with Crippen molar-refractivity contribution in [2.45, 2.75) is 18.9 Å². The maximum Gasteiger partial charge on any atom is 0.328 e. The Morgan fingerprint density at radius 3 is 2.06 bits per heavy atom. The van der Waals surface area contributed by atoms with Gasteiger partial charge in [-0.1, -0.05) is 35.0 Å². The fourth-order valence-electron chi connectivity index (χ4n) is 4.34. The van der Waals surface area contributed by atoms with Crippen molar-refractivity contribution in [1.29, 1.82) is 0 Å². The summed E-state index contributed by atoms with van der Waals surface area (Å²) in [7, 11) is 0. The molecule has 5 amide bonds. The summed E-state index contributed by atoms with van der Waals surface area (Å²) < 4.78 is 6.80. The quantitative estimate of drug-likeness (QED) is 0.368. The van der Waals surface area contributed by atoms with Gasteiger partial charge in [-0.3, -0.25) is 29.9 Å². The van der Waals surface area contributed by atoms with Gasteiger partial charge in [0.15, 0.2) is 0 Å². The molecule has 2 heterocycles. The van der Waals surface area contributed by atoms with Gasteiger partial charge >= 0.3 is 6.03 Å². The Kier molecular flexibility index (Phi) is 8.32. The van der Waals surface area contributed by atoms with Gasteiger partial charge in [-0.05, 0) is 54.1 Å². The molecule has 0 bridgehead atoms. The van der Waals surface area contributed by atoms with E-state index >= 15 is 0 Å². The molecule has 0 atom stereocenters. The lowest BCUT2D eigenvalue weighted by atomic mass is 9.84. The molecular formula is C25H27BrN4O5S. The van der Waals surface area contributed by atoms with Crippen molar-refractivity contribution < 1.29 is 23.9 Å². The summed E-state index contributed by atoms with van der Waals surface area (Å²) in [6.07, 6.45) is 1.00. The number of carbonyl (C=O) groups is 4. The van der Waals surface area contributed by atoms with E-state index in [2.05, 4.69) is 33.5 Å². The van der Waals surface area contributed by atoms with Crippen LogP contribution in [0.2, 0.25) is 0 Å². The zero-order valence-corrected chi connectivity index (χ0v) is 22.2.